The molecule has 0 unspecified atom stereocenters. The molecular weight excluding hydrogens is 764 g/mol. The van der Waals surface area contributed by atoms with Gasteiger partial charge >= 0.3 is 83.8 Å². The van der Waals surface area contributed by atoms with Crippen LogP contribution in [0.15, 0.2) is 0 Å². The molecule has 9 heavy (non-hydrogen) atoms. The van der Waals surface area contributed by atoms with Crippen molar-refractivity contribution in [2.24, 2.45) is 0 Å². The summed E-state index contributed by atoms with van der Waals surface area (Å²) in [6.45, 7) is 0. The quantitative estimate of drug-likeness (QED) is 0.224. The van der Waals surface area contributed by atoms with E-state index >= 15 is 0 Å². The summed E-state index contributed by atoms with van der Waals surface area (Å²) in [7, 11) is 0. The predicted molar refractivity (Wildman–Crippen MR) is 57.8 cm³/mol. The van der Waals surface area contributed by atoms with Gasteiger partial charge in [-0.25, -0.2) is 0 Å². The molecule has 9 radical (unpaired) electrons. The first-order chi connectivity index (χ1) is 0. The predicted octanol–water partition coefficient (Wildman–Crippen LogP) is -4.36. The van der Waals surface area contributed by atoms with E-state index in [1.54, 1.807) is 0 Å². The van der Waals surface area contributed by atoms with Crippen molar-refractivity contribution in [3.05, 3.63) is 6.15 Å². The Morgan fingerprint density at radius 3 is 0.556 bits per heavy atom. The fraction of sp³-hybridized carbons (Fsp3) is 0. The second kappa shape index (κ2) is 66.8. The molecule has 0 N–H and O–H groups in total. The number of rotatable bonds is 0. The van der Waals surface area contributed by atoms with Gasteiger partial charge in [0.2, 0.25) is 0 Å². The van der Waals surface area contributed by atoms with Crippen LogP contribution in [0.1, 0.15) is 0 Å². The molecule has 0 bridgehead atoms. The Morgan fingerprint density at radius 2 is 0.556 bits per heavy atom. The third kappa shape index (κ3) is 56.8. The van der Waals surface area contributed by atoms with E-state index in [0.29, 0.717) is 0 Å². The first-order valence-electron chi connectivity index (χ1n) is 0. The van der Waals surface area contributed by atoms with Gasteiger partial charge in [-0.15, -0.1) is 0 Å². The van der Waals surface area contributed by atoms with Crippen LogP contribution in [0.2, 0.25) is 0 Å². The van der Waals surface area contributed by atoms with Gasteiger partial charge in [0.05, 0.1) is 0 Å². The zero-order chi connectivity index (χ0) is 0. The average Bonchev–Trinajstić information content (AvgIpc) is 0. The molecule has 0 aliphatic heterocycles. The molecule has 0 aliphatic carbocycles. The summed E-state index contributed by atoms with van der Waals surface area (Å²) < 4.78 is 0. The van der Waals surface area contributed by atoms with Crippen molar-refractivity contribution in [1.29, 1.82) is 0 Å². The van der Waals surface area contributed by atoms with Gasteiger partial charge in [-0.2, -0.15) is 0 Å². The Hall–Kier alpha value is 5.86. The van der Waals surface area contributed by atoms with Crippen LogP contribution >= 0.6 is 0 Å². The van der Waals surface area contributed by atoms with Crippen molar-refractivity contribution in [3.8, 4) is 0 Å². The number of hydrogen-bond donors (Lipinski definition) is 0. The Balaban J connectivity index is 0. The summed E-state index contributed by atoms with van der Waals surface area (Å²) in [4.78, 5) is 0. The minimum absolute atomic E-state index is 0. The average molecular weight is 770 g/mol. The molecule has 0 aromatic rings. The molecule has 39 valence electrons. The normalized spacial score (nSPS) is 0. The van der Waals surface area contributed by atoms with Crippen LogP contribution in [0.3, 0.4) is 0 Å². The van der Waals surface area contributed by atoms with E-state index in [4.69, 9.17) is 0 Å². The van der Waals surface area contributed by atoms with Crippen molar-refractivity contribution in [3.63, 3.8) is 0 Å². The van der Waals surface area contributed by atoms with Gasteiger partial charge in [0, 0.05) is 77.5 Å². The molecule has 0 atom stereocenters. The second-order valence-electron chi connectivity index (χ2n) is 0. The molecule has 0 fully saturated rings. The summed E-state index contributed by atoms with van der Waals surface area (Å²) in [6.07, 6.45) is 0. The van der Waals surface area contributed by atoms with Crippen LogP contribution in [-0.2, 0) is 0 Å². The molecular formula is H6AsGa3In3NSb. The standard InChI is InChI=1S/As.3Ga.3In.N.Sb.6H/q-3;3*+3;;;;2*-3;;;;;;. The number of hydrogen-bond acceptors (Lipinski definition) is 0. The van der Waals surface area contributed by atoms with E-state index in [-0.39, 0.29) is 185 Å². The van der Waals surface area contributed by atoms with Gasteiger partial charge in [-0.3, -0.25) is 0 Å². The first-order valence-corrected chi connectivity index (χ1v) is 0. The van der Waals surface area contributed by atoms with E-state index < -0.39 is 0 Å². The summed E-state index contributed by atoms with van der Waals surface area (Å²) in [5.74, 6) is 0. The van der Waals surface area contributed by atoms with Crippen molar-refractivity contribution >= 4 is 179 Å². The zero-order valence-corrected chi connectivity index (χ0v) is 23.4. The molecule has 0 aliphatic rings. The van der Waals surface area contributed by atoms with E-state index in [9.17, 15) is 0 Å². The number of nitrogens with zero attached hydrogens (tertiary/aromatic N) is 1. The Labute approximate surface area is 181 Å². The fourth-order valence-electron chi connectivity index (χ4n) is 0. The van der Waals surface area contributed by atoms with Crippen molar-refractivity contribution in [1.82, 2.24) is 0 Å². The van der Waals surface area contributed by atoms with Crippen LogP contribution in [0.4, 0.5) is 0 Å². The van der Waals surface area contributed by atoms with Crippen molar-refractivity contribution in [2.45, 2.75) is 0 Å². The van der Waals surface area contributed by atoms with E-state index in [1.165, 1.54) is 0 Å². The Morgan fingerprint density at radius 1 is 0.556 bits per heavy atom. The van der Waals surface area contributed by atoms with Gasteiger partial charge in [-0.05, 0) is 0 Å². The van der Waals surface area contributed by atoms with E-state index in [0.717, 1.165) is 0 Å². The molecule has 0 aromatic carbocycles. The molecule has 0 saturated heterocycles. The maximum absolute atomic E-state index is 0. The molecule has 0 heterocycles. The molecule has 0 spiro atoms. The van der Waals surface area contributed by atoms with E-state index in [2.05, 4.69) is 0 Å². The third-order valence-corrected chi connectivity index (χ3v) is 0. The molecule has 0 aromatic heterocycles. The molecule has 0 saturated carbocycles. The second-order valence-corrected chi connectivity index (χ2v) is 0. The maximum atomic E-state index is 0. The minimum atomic E-state index is 0. The summed E-state index contributed by atoms with van der Waals surface area (Å²) in [5.41, 5.74) is 0. The van der Waals surface area contributed by atoms with Crippen molar-refractivity contribution in [2.75, 3.05) is 0 Å². The fourth-order valence-corrected chi connectivity index (χ4v) is 0. The van der Waals surface area contributed by atoms with Gasteiger partial charge in [0.25, 0.3) is 0 Å². The molecule has 0 amide bonds. The van der Waals surface area contributed by atoms with E-state index in [1.807, 2.05) is 0 Å². The van der Waals surface area contributed by atoms with Crippen molar-refractivity contribution < 1.29 is 0 Å². The first kappa shape index (κ1) is 83.2. The zero-order valence-electron chi connectivity index (χ0n) is 4.36. The summed E-state index contributed by atoms with van der Waals surface area (Å²) in [6, 6.07) is 0. The monoisotopic (exact) mass is 767 g/mol. The van der Waals surface area contributed by atoms with Gasteiger partial charge < -0.3 is 24.1 Å². The van der Waals surface area contributed by atoms with Crippen LogP contribution in [0.25, 0.3) is 6.15 Å². The topological polar surface area (TPSA) is 30.5 Å². The molecule has 1 nitrogen and oxygen atoms in total. The van der Waals surface area contributed by atoms with Crippen LogP contribution < -0.4 is 0 Å². The van der Waals surface area contributed by atoms with Crippen LogP contribution in [0.5, 0.6) is 0 Å². The van der Waals surface area contributed by atoms with Gasteiger partial charge in [-0.1, -0.05) is 0 Å². The van der Waals surface area contributed by atoms with Crippen LogP contribution in [-0.4, -0.2) is 179 Å². The van der Waals surface area contributed by atoms with Gasteiger partial charge in [0.15, 0.2) is 0 Å². The Bertz CT molecular complexity index is 19.0. The molecule has 0 rings (SSSR count). The summed E-state index contributed by atoms with van der Waals surface area (Å²) in [5, 5.41) is 0. The third-order valence-electron chi connectivity index (χ3n) is 0. The Kier molecular flexibility index (Phi) is 617. The SMILES string of the molecule is [As-3].[Ga+3].[Ga+3].[Ga+3].[In].[In].[In].[N-3].[SbH6-3]. The molecule has 9 heteroatoms. The van der Waals surface area contributed by atoms with Gasteiger partial charge in [0.1, 0.15) is 0 Å². The van der Waals surface area contributed by atoms with Crippen LogP contribution in [0, 0.1) is 0 Å². The summed E-state index contributed by atoms with van der Waals surface area (Å²) >= 11 is 0.